The number of nitrogens with one attached hydrogen (secondary N) is 1. The van der Waals surface area contributed by atoms with Crippen molar-refractivity contribution in [1.29, 1.82) is 0 Å². The lowest BCUT2D eigenvalue weighted by atomic mass is 9.96. The molecule has 1 atom stereocenters. The molecule has 0 aliphatic rings. The molecule has 1 unspecified atom stereocenters. The number of anilines is 1. The fourth-order valence-corrected chi connectivity index (χ4v) is 3.30. The van der Waals surface area contributed by atoms with Gasteiger partial charge in [-0.2, -0.15) is 0 Å². The number of aromatic nitrogens is 2. The van der Waals surface area contributed by atoms with Crippen LogP contribution >= 0.6 is 0 Å². The van der Waals surface area contributed by atoms with Gasteiger partial charge in [0, 0.05) is 35.9 Å². The lowest BCUT2D eigenvalue weighted by Gasteiger charge is -2.28. The molecule has 2 aromatic carbocycles. The second-order valence-corrected chi connectivity index (χ2v) is 6.22. The maximum absolute atomic E-state index is 13.5. The molecule has 128 valence electrons. The Morgan fingerprint density at radius 3 is 2.46 bits per heavy atom. The van der Waals surface area contributed by atoms with E-state index in [1.807, 2.05) is 84.7 Å². The number of aromatic amines is 1. The zero-order valence-corrected chi connectivity index (χ0v) is 14.5. The number of rotatable bonds is 5. The summed E-state index contributed by atoms with van der Waals surface area (Å²) in [6, 6.07) is 23.0. The van der Waals surface area contributed by atoms with Crippen LogP contribution in [0.1, 0.15) is 22.0 Å². The zero-order chi connectivity index (χ0) is 17.9. The molecule has 4 nitrogen and oxygen atoms in total. The van der Waals surface area contributed by atoms with Crippen molar-refractivity contribution < 1.29 is 4.79 Å². The molecule has 4 aromatic rings. The average Bonchev–Trinajstić information content (AvgIpc) is 3.14. The van der Waals surface area contributed by atoms with Crippen molar-refractivity contribution in [3.8, 4) is 0 Å². The van der Waals surface area contributed by atoms with E-state index >= 15 is 0 Å². The van der Waals surface area contributed by atoms with Gasteiger partial charge >= 0.3 is 0 Å². The highest BCUT2D eigenvalue weighted by Gasteiger charge is 2.28. The molecule has 0 spiro atoms. The number of fused-ring (bicyclic) bond motifs is 1. The predicted octanol–water partition coefficient (Wildman–Crippen LogP) is 4.62. The standard InChI is InChI=1S/C22H19N3O/c1-25(20-13-7-8-14-23-20)21(16-9-3-2-4-10-16)22(26)18-15-24-19-12-6-5-11-17(18)19/h2-15,21,24H,1H3. The third kappa shape index (κ3) is 2.86. The molecule has 0 radical (unpaired) electrons. The number of hydrogen-bond donors (Lipinski definition) is 1. The largest absolute Gasteiger partial charge is 0.360 e. The Balaban J connectivity index is 1.81. The summed E-state index contributed by atoms with van der Waals surface area (Å²) < 4.78 is 0. The predicted molar refractivity (Wildman–Crippen MR) is 104 cm³/mol. The van der Waals surface area contributed by atoms with Crippen molar-refractivity contribution in [1.82, 2.24) is 9.97 Å². The van der Waals surface area contributed by atoms with Crippen molar-refractivity contribution in [2.45, 2.75) is 6.04 Å². The SMILES string of the molecule is CN(c1ccccn1)C(C(=O)c1c[nH]c2ccccc12)c1ccccc1. The van der Waals surface area contributed by atoms with Crippen LogP contribution in [0.5, 0.6) is 0 Å². The van der Waals surface area contributed by atoms with E-state index in [-0.39, 0.29) is 5.78 Å². The summed E-state index contributed by atoms with van der Waals surface area (Å²) >= 11 is 0. The van der Waals surface area contributed by atoms with E-state index in [1.165, 1.54) is 0 Å². The smallest absolute Gasteiger partial charge is 0.191 e. The Morgan fingerprint density at radius 2 is 1.69 bits per heavy atom. The van der Waals surface area contributed by atoms with Gasteiger partial charge in [0.05, 0.1) is 0 Å². The van der Waals surface area contributed by atoms with E-state index in [1.54, 1.807) is 12.4 Å². The first-order valence-electron chi connectivity index (χ1n) is 8.55. The quantitative estimate of drug-likeness (QED) is 0.539. The first kappa shape index (κ1) is 16.1. The first-order chi connectivity index (χ1) is 12.8. The number of carbonyl (C=O) groups is 1. The lowest BCUT2D eigenvalue weighted by Crippen LogP contribution is -2.31. The average molecular weight is 341 g/mol. The van der Waals surface area contributed by atoms with Crippen LogP contribution in [-0.4, -0.2) is 22.8 Å². The summed E-state index contributed by atoms with van der Waals surface area (Å²) in [4.78, 5) is 23.1. The molecule has 4 rings (SSSR count). The highest BCUT2D eigenvalue weighted by atomic mass is 16.1. The van der Waals surface area contributed by atoms with Crippen LogP contribution in [0.15, 0.2) is 85.2 Å². The summed E-state index contributed by atoms with van der Waals surface area (Å²) in [7, 11) is 1.91. The molecule has 4 heteroatoms. The van der Waals surface area contributed by atoms with Gasteiger partial charge in [0.2, 0.25) is 0 Å². The fourth-order valence-electron chi connectivity index (χ4n) is 3.30. The van der Waals surface area contributed by atoms with Gasteiger partial charge in [0.15, 0.2) is 5.78 Å². The number of Topliss-reactive ketones (excluding diaryl/α,β-unsaturated/α-hetero) is 1. The minimum absolute atomic E-state index is 0.0433. The summed E-state index contributed by atoms with van der Waals surface area (Å²) in [5.74, 6) is 0.802. The molecule has 1 N–H and O–H groups in total. The van der Waals surface area contributed by atoms with E-state index in [2.05, 4.69) is 9.97 Å². The van der Waals surface area contributed by atoms with Crippen LogP contribution in [0.25, 0.3) is 10.9 Å². The van der Waals surface area contributed by atoms with Crippen LogP contribution < -0.4 is 4.90 Å². The number of ketones is 1. The molecule has 0 aliphatic heterocycles. The topological polar surface area (TPSA) is 49.0 Å². The Kier molecular flexibility index (Phi) is 4.23. The molecule has 2 aromatic heterocycles. The molecule has 26 heavy (non-hydrogen) atoms. The second-order valence-electron chi connectivity index (χ2n) is 6.22. The van der Waals surface area contributed by atoms with Crippen molar-refractivity contribution in [2.75, 3.05) is 11.9 Å². The van der Waals surface area contributed by atoms with Crippen LogP contribution in [0.2, 0.25) is 0 Å². The van der Waals surface area contributed by atoms with Gasteiger partial charge in [-0.05, 0) is 23.8 Å². The van der Waals surface area contributed by atoms with Gasteiger partial charge in [-0.25, -0.2) is 4.98 Å². The van der Waals surface area contributed by atoms with Gasteiger partial charge in [-0.3, -0.25) is 4.79 Å². The molecule has 0 saturated heterocycles. The minimum atomic E-state index is -0.453. The molecule has 0 saturated carbocycles. The molecular weight excluding hydrogens is 322 g/mol. The van der Waals surface area contributed by atoms with Crippen molar-refractivity contribution in [3.63, 3.8) is 0 Å². The van der Waals surface area contributed by atoms with Crippen LogP contribution in [0, 0.1) is 0 Å². The van der Waals surface area contributed by atoms with E-state index in [9.17, 15) is 4.79 Å². The number of para-hydroxylation sites is 1. The van der Waals surface area contributed by atoms with Gasteiger partial charge in [-0.1, -0.05) is 54.6 Å². The monoisotopic (exact) mass is 341 g/mol. The van der Waals surface area contributed by atoms with Crippen LogP contribution in [0.4, 0.5) is 5.82 Å². The third-order valence-corrected chi connectivity index (χ3v) is 4.62. The Bertz CT molecular complexity index is 1020. The third-order valence-electron chi connectivity index (χ3n) is 4.62. The van der Waals surface area contributed by atoms with Crippen molar-refractivity contribution in [3.05, 3.63) is 96.3 Å². The molecule has 0 amide bonds. The van der Waals surface area contributed by atoms with Gasteiger partial charge in [0.25, 0.3) is 0 Å². The van der Waals surface area contributed by atoms with Gasteiger partial charge in [0.1, 0.15) is 11.9 Å². The number of carbonyl (C=O) groups excluding carboxylic acids is 1. The number of nitrogens with zero attached hydrogens (tertiary/aromatic N) is 2. The molecule has 0 aliphatic carbocycles. The van der Waals surface area contributed by atoms with Crippen molar-refractivity contribution >= 4 is 22.5 Å². The van der Waals surface area contributed by atoms with Crippen LogP contribution in [-0.2, 0) is 0 Å². The maximum atomic E-state index is 13.5. The number of benzene rings is 2. The summed E-state index contributed by atoms with van der Waals surface area (Å²) in [5, 5.41) is 0.938. The van der Waals surface area contributed by atoms with E-state index in [0.717, 1.165) is 22.3 Å². The first-order valence-corrected chi connectivity index (χ1v) is 8.55. The van der Waals surface area contributed by atoms with E-state index < -0.39 is 6.04 Å². The molecular formula is C22H19N3O. The summed E-state index contributed by atoms with van der Waals surface area (Å²) in [6.07, 6.45) is 3.54. The molecule has 0 bridgehead atoms. The Hall–Kier alpha value is -3.40. The number of H-pyrrole nitrogens is 1. The Labute approximate surface area is 152 Å². The summed E-state index contributed by atoms with van der Waals surface area (Å²) in [5.41, 5.74) is 2.59. The lowest BCUT2D eigenvalue weighted by molar-refractivity contribution is 0.0960. The summed E-state index contributed by atoms with van der Waals surface area (Å²) in [6.45, 7) is 0. The Morgan fingerprint density at radius 1 is 0.962 bits per heavy atom. The van der Waals surface area contributed by atoms with Crippen LogP contribution in [0.3, 0.4) is 0 Å². The number of likely N-dealkylation sites (N-methyl/N-ethyl adjacent to an activating group) is 1. The van der Waals surface area contributed by atoms with Crippen molar-refractivity contribution in [2.24, 2.45) is 0 Å². The normalized spacial score (nSPS) is 12.0. The highest BCUT2D eigenvalue weighted by Crippen LogP contribution is 2.30. The maximum Gasteiger partial charge on any atom is 0.191 e. The van der Waals surface area contributed by atoms with Gasteiger partial charge < -0.3 is 9.88 Å². The number of hydrogen-bond acceptors (Lipinski definition) is 3. The van der Waals surface area contributed by atoms with Gasteiger partial charge in [-0.15, -0.1) is 0 Å². The minimum Gasteiger partial charge on any atom is -0.360 e. The second kappa shape index (κ2) is 6.84. The molecule has 2 heterocycles. The van der Waals surface area contributed by atoms with E-state index in [0.29, 0.717) is 5.56 Å². The fraction of sp³-hybridized carbons (Fsp3) is 0.0909. The zero-order valence-electron chi connectivity index (χ0n) is 14.5. The molecule has 0 fully saturated rings. The van der Waals surface area contributed by atoms with E-state index in [4.69, 9.17) is 0 Å². The highest BCUT2D eigenvalue weighted by molar-refractivity contribution is 6.11. The number of pyridine rings is 1.